The van der Waals surface area contributed by atoms with E-state index in [4.69, 9.17) is 14.9 Å². The van der Waals surface area contributed by atoms with Gasteiger partial charge in [-0.25, -0.2) is 0 Å². The van der Waals surface area contributed by atoms with Crippen LogP contribution in [0.1, 0.15) is 25.5 Å². The Bertz CT molecular complexity index is 797. The molecule has 0 atom stereocenters. The number of carbonyl (C=O) groups excluding carboxylic acids is 2. The zero-order valence-corrected chi connectivity index (χ0v) is 15.5. The lowest BCUT2D eigenvalue weighted by atomic mass is 10.1. The molecular weight excluding hydrogens is 412 g/mol. The Morgan fingerprint density at radius 3 is 2.62 bits per heavy atom. The number of alkyl halides is 2. The maximum atomic E-state index is 12.7. The molecule has 0 spiro atoms. The molecule has 1 aromatic carbocycles. The van der Waals surface area contributed by atoms with E-state index in [2.05, 4.69) is 31.8 Å². The average molecular weight is 428 g/mol. The fourth-order valence-corrected chi connectivity index (χ4v) is 2.58. The van der Waals surface area contributed by atoms with Crippen LogP contribution >= 0.6 is 15.9 Å². The SMILES string of the molecule is CCc1cc(-c2ccc(Br)cc2OC(F)F)n(CCCC#N)n1.O=C=O. The summed E-state index contributed by atoms with van der Waals surface area (Å²) < 4.78 is 32.4. The number of aromatic nitrogens is 2. The van der Waals surface area contributed by atoms with E-state index >= 15 is 0 Å². The molecule has 1 heterocycles. The average Bonchev–Trinajstić information content (AvgIpc) is 2.98. The van der Waals surface area contributed by atoms with Gasteiger partial charge in [0.25, 0.3) is 0 Å². The third-order valence-corrected chi connectivity index (χ3v) is 3.78. The van der Waals surface area contributed by atoms with Crippen molar-refractivity contribution >= 4 is 22.1 Å². The van der Waals surface area contributed by atoms with Gasteiger partial charge in [0.15, 0.2) is 0 Å². The van der Waals surface area contributed by atoms with Crippen LogP contribution in [0.4, 0.5) is 8.78 Å². The summed E-state index contributed by atoms with van der Waals surface area (Å²) in [6.45, 7) is -0.375. The van der Waals surface area contributed by atoms with Gasteiger partial charge in [-0.2, -0.15) is 28.7 Å². The molecule has 1 aromatic heterocycles. The fourth-order valence-electron chi connectivity index (χ4n) is 2.24. The summed E-state index contributed by atoms with van der Waals surface area (Å²) in [4.78, 5) is 16.2. The van der Waals surface area contributed by atoms with Crippen LogP contribution in [0.2, 0.25) is 0 Å². The topological polar surface area (TPSA) is 85.0 Å². The molecular formula is C17H16BrF2N3O3. The van der Waals surface area contributed by atoms with Crippen LogP contribution in [0.3, 0.4) is 0 Å². The Kier molecular flexibility index (Phi) is 9.20. The van der Waals surface area contributed by atoms with E-state index in [-0.39, 0.29) is 11.9 Å². The molecule has 0 aliphatic rings. The molecule has 0 N–H and O–H groups in total. The first-order valence-corrected chi connectivity index (χ1v) is 8.43. The van der Waals surface area contributed by atoms with Crippen molar-refractivity contribution in [1.82, 2.24) is 9.78 Å². The lowest BCUT2D eigenvalue weighted by molar-refractivity contribution is -0.191. The van der Waals surface area contributed by atoms with Crippen LogP contribution in [-0.4, -0.2) is 22.5 Å². The summed E-state index contributed by atoms with van der Waals surface area (Å²) in [6.07, 6.45) is 2.05. The lowest BCUT2D eigenvalue weighted by Gasteiger charge is -2.12. The van der Waals surface area contributed by atoms with Crippen LogP contribution < -0.4 is 4.74 Å². The molecule has 2 rings (SSSR count). The van der Waals surface area contributed by atoms with Gasteiger partial charge < -0.3 is 4.74 Å². The highest BCUT2D eigenvalue weighted by molar-refractivity contribution is 9.10. The van der Waals surface area contributed by atoms with Gasteiger partial charge in [0.05, 0.1) is 17.5 Å². The van der Waals surface area contributed by atoms with E-state index in [1.807, 2.05) is 13.0 Å². The monoisotopic (exact) mass is 427 g/mol. The summed E-state index contributed by atoms with van der Waals surface area (Å²) >= 11 is 3.26. The van der Waals surface area contributed by atoms with Gasteiger partial charge in [-0.3, -0.25) is 4.68 Å². The van der Waals surface area contributed by atoms with Crippen LogP contribution in [0.25, 0.3) is 11.3 Å². The highest BCUT2D eigenvalue weighted by Gasteiger charge is 2.16. The maximum absolute atomic E-state index is 12.7. The Balaban J connectivity index is 0.00000105. The fraction of sp³-hybridized carbons (Fsp3) is 0.353. The maximum Gasteiger partial charge on any atom is 0.387 e. The number of aryl methyl sites for hydroxylation is 2. The number of hydrogen-bond donors (Lipinski definition) is 0. The van der Waals surface area contributed by atoms with Crippen molar-refractivity contribution in [2.24, 2.45) is 0 Å². The molecule has 6 nitrogen and oxygen atoms in total. The largest absolute Gasteiger partial charge is 0.434 e. The van der Waals surface area contributed by atoms with E-state index in [0.29, 0.717) is 35.1 Å². The molecule has 9 heteroatoms. The Hall–Kier alpha value is -2.56. The van der Waals surface area contributed by atoms with Crippen molar-refractivity contribution in [3.63, 3.8) is 0 Å². The minimum atomic E-state index is -2.90. The van der Waals surface area contributed by atoms with Crippen molar-refractivity contribution in [1.29, 1.82) is 5.26 Å². The summed E-state index contributed by atoms with van der Waals surface area (Å²) in [5, 5.41) is 13.1. The second-order valence-electron chi connectivity index (χ2n) is 4.96. The summed E-state index contributed by atoms with van der Waals surface area (Å²) in [6, 6.07) is 8.97. The second kappa shape index (κ2) is 11.1. The first kappa shape index (κ1) is 21.5. The normalized spacial score (nSPS) is 9.85. The zero-order chi connectivity index (χ0) is 19.5. The summed E-state index contributed by atoms with van der Waals surface area (Å²) in [5.74, 6) is 0.0958. The summed E-state index contributed by atoms with van der Waals surface area (Å²) in [7, 11) is 0. The lowest BCUT2D eigenvalue weighted by Crippen LogP contribution is -2.06. The van der Waals surface area contributed by atoms with Gasteiger partial charge in [-0.1, -0.05) is 22.9 Å². The first-order chi connectivity index (χ1) is 12.5. The third-order valence-electron chi connectivity index (χ3n) is 3.29. The number of hydrogen-bond acceptors (Lipinski definition) is 5. The predicted molar refractivity (Wildman–Crippen MR) is 91.2 cm³/mol. The molecule has 0 amide bonds. The third kappa shape index (κ3) is 6.39. The van der Waals surface area contributed by atoms with Crippen molar-refractivity contribution in [2.45, 2.75) is 39.3 Å². The molecule has 0 unspecified atom stereocenters. The van der Waals surface area contributed by atoms with E-state index in [1.165, 1.54) is 6.07 Å². The second-order valence-corrected chi connectivity index (χ2v) is 5.88. The van der Waals surface area contributed by atoms with E-state index in [9.17, 15) is 8.78 Å². The van der Waals surface area contributed by atoms with Crippen molar-refractivity contribution < 1.29 is 23.1 Å². The van der Waals surface area contributed by atoms with Gasteiger partial charge >= 0.3 is 12.8 Å². The number of benzene rings is 1. The number of rotatable bonds is 7. The van der Waals surface area contributed by atoms with E-state index < -0.39 is 6.61 Å². The zero-order valence-electron chi connectivity index (χ0n) is 13.9. The van der Waals surface area contributed by atoms with E-state index in [1.54, 1.807) is 16.8 Å². The highest BCUT2D eigenvalue weighted by Crippen LogP contribution is 2.34. The highest BCUT2D eigenvalue weighted by atomic mass is 79.9. The van der Waals surface area contributed by atoms with Crippen LogP contribution in [0, 0.1) is 11.3 Å². The Labute approximate surface area is 157 Å². The van der Waals surface area contributed by atoms with Gasteiger partial charge in [0, 0.05) is 23.0 Å². The molecule has 0 aliphatic carbocycles. The molecule has 0 saturated heterocycles. The Morgan fingerprint density at radius 1 is 1.35 bits per heavy atom. The van der Waals surface area contributed by atoms with Crippen LogP contribution in [0.5, 0.6) is 5.75 Å². The minimum absolute atomic E-state index is 0.0958. The molecule has 0 aliphatic heterocycles. The minimum Gasteiger partial charge on any atom is -0.434 e. The van der Waals surface area contributed by atoms with Crippen LogP contribution in [0.15, 0.2) is 28.7 Å². The predicted octanol–water partition coefficient (Wildman–Crippen LogP) is 4.20. The standard InChI is InChI=1S/C16H16BrF2N3O.CO2/c1-2-12-10-14(22(21-12)8-4-3-7-20)13-6-5-11(17)9-15(13)23-16(18)19;2-1-3/h5-6,9-10,16H,2-4,8H2,1H3;. The molecule has 0 radical (unpaired) electrons. The number of nitrogens with zero attached hydrogens (tertiary/aromatic N) is 3. The smallest absolute Gasteiger partial charge is 0.387 e. The number of halogens is 3. The molecule has 138 valence electrons. The summed E-state index contributed by atoms with van der Waals surface area (Å²) in [5.41, 5.74) is 2.13. The molecule has 0 saturated carbocycles. The van der Waals surface area contributed by atoms with Crippen LogP contribution in [-0.2, 0) is 22.6 Å². The van der Waals surface area contributed by atoms with E-state index in [0.717, 1.165) is 12.1 Å². The van der Waals surface area contributed by atoms with Crippen molar-refractivity contribution in [2.75, 3.05) is 0 Å². The Morgan fingerprint density at radius 2 is 2.04 bits per heavy atom. The molecule has 26 heavy (non-hydrogen) atoms. The quantitative estimate of drug-likeness (QED) is 0.618. The van der Waals surface area contributed by atoms with Gasteiger partial charge in [-0.15, -0.1) is 0 Å². The first-order valence-electron chi connectivity index (χ1n) is 7.64. The molecule has 0 bridgehead atoms. The van der Waals surface area contributed by atoms with Gasteiger partial charge in [-0.05, 0) is 37.1 Å². The number of ether oxygens (including phenoxy) is 1. The molecule has 2 aromatic rings. The molecule has 0 fully saturated rings. The van der Waals surface area contributed by atoms with Gasteiger partial charge in [0.2, 0.25) is 0 Å². The number of unbranched alkanes of at least 4 members (excludes halogenated alkanes) is 1. The number of nitriles is 1. The van der Waals surface area contributed by atoms with Gasteiger partial charge in [0.1, 0.15) is 5.75 Å². The van der Waals surface area contributed by atoms with Crippen molar-refractivity contribution in [3.05, 3.63) is 34.4 Å². The van der Waals surface area contributed by atoms with Crippen molar-refractivity contribution in [3.8, 4) is 23.1 Å².